The van der Waals surface area contributed by atoms with Crippen molar-refractivity contribution in [3.05, 3.63) is 70.2 Å². The van der Waals surface area contributed by atoms with Gasteiger partial charge in [-0.25, -0.2) is 4.79 Å². The zero-order valence-electron chi connectivity index (χ0n) is 13.0. The number of methoxy groups -OCH3 is 1. The van der Waals surface area contributed by atoms with Gasteiger partial charge in [-0.1, -0.05) is 23.7 Å². The summed E-state index contributed by atoms with van der Waals surface area (Å²) in [4.78, 5) is 24.3. The van der Waals surface area contributed by atoms with Crippen LogP contribution >= 0.6 is 11.6 Å². The molecule has 0 aliphatic heterocycles. The molecule has 0 radical (unpaired) electrons. The molecule has 0 spiro atoms. The van der Waals surface area contributed by atoms with Gasteiger partial charge in [0.15, 0.2) is 0 Å². The van der Waals surface area contributed by atoms with Gasteiger partial charge >= 0.3 is 5.97 Å². The summed E-state index contributed by atoms with van der Waals surface area (Å²) in [6, 6.07) is 14.3. The van der Waals surface area contributed by atoms with E-state index in [-0.39, 0.29) is 6.42 Å². The zero-order chi connectivity index (χ0) is 17.5. The number of nitrogens with zero attached hydrogens (tertiary/aromatic N) is 1. The van der Waals surface area contributed by atoms with Gasteiger partial charge in [0.25, 0.3) is 5.91 Å². The largest absolute Gasteiger partial charge is 0.467 e. The van der Waals surface area contributed by atoms with Gasteiger partial charge in [0, 0.05) is 17.0 Å². The second kappa shape index (κ2) is 8.14. The van der Waals surface area contributed by atoms with Crippen molar-refractivity contribution in [3.63, 3.8) is 0 Å². The fourth-order valence-corrected chi connectivity index (χ4v) is 2.39. The van der Waals surface area contributed by atoms with Crippen LogP contribution in [-0.2, 0) is 16.0 Å². The molecule has 24 heavy (non-hydrogen) atoms. The molecule has 0 saturated carbocycles. The third-order valence-electron chi connectivity index (χ3n) is 3.40. The second-order valence-corrected chi connectivity index (χ2v) is 5.51. The molecule has 0 fully saturated rings. The van der Waals surface area contributed by atoms with E-state index in [1.54, 1.807) is 30.3 Å². The van der Waals surface area contributed by atoms with Crippen LogP contribution in [0, 0.1) is 11.3 Å². The van der Waals surface area contributed by atoms with Gasteiger partial charge in [-0.15, -0.1) is 0 Å². The molecule has 1 atom stereocenters. The van der Waals surface area contributed by atoms with Crippen LogP contribution in [0.1, 0.15) is 21.5 Å². The molecule has 6 heteroatoms. The van der Waals surface area contributed by atoms with Crippen LogP contribution in [0.2, 0.25) is 5.02 Å². The first-order valence-electron chi connectivity index (χ1n) is 7.17. The lowest BCUT2D eigenvalue weighted by atomic mass is 10.1. The lowest BCUT2D eigenvalue weighted by molar-refractivity contribution is -0.142. The van der Waals surface area contributed by atoms with Crippen LogP contribution in [-0.4, -0.2) is 25.0 Å². The minimum absolute atomic E-state index is 0.259. The summed E-state index contributed by atoms with van der Waals surface area (Å²) in [7, 11) is 1.27. The molecule has 0 heterocycles. The Balaban J connectivity index is 2.14. The SMILES string of the molecule is COC(=O)[C@H](Cc1cccc(Cl)c1)NC(=O)c1ccc(C#N)cc1. The van der Waals surface area contributed by atoms with Gasteiger partial charge in [0.05, 0.1) is 18.7 Å². The highest BCUT2D eigenvalue weighted by molar-refractivity contribution is 6.30. The Morgan fingerprint density at radius 1 is 1.25 bits per heavy atom. The molecule has 1 amide bonds. The minimum Gasteiger partial charge on any atom is -0.467 e. The predicted octanol–water partition coefficient (Wildman–Crippen LogP) is 2.73. The Labute approximate surface area is 144 Å². The Morgan fingerprint density at radius 2 is 1.96 bits per heavy atom. The molecule has 2 rings (SSSR count). The van der Waals surface area contributed by atoms with Gasteiger partial charge < -0.3 is 10.1 Å². The molecule has 2 aromatic carbocycles. The molecule has 0 saturated heterocycles. The van der Waals surface area contributed by atoms with Crippen LogP contribution in [0.4, 0.5) is 0 Å². The number of amides is 1. The molecule has 5 nitrogen and oxygen atoms in total. The highest BCUT2D eigenvalue weighted by atomic mass is 35.5. The maximum Gasteiger partial charge on any atom is 0.328 e. The Kier molecular flexibility index (Phi) is 5.94. The summed E-state index contributed by atoms with van der Waals surface area (Å²) >= 11 is 5.94. The summed E-state index contributed by atoms with van der Waals surface area (Å²) < 4.78 is 4.76. The number of hydrogen-bond donors (Lipinski definition) is 1. The number of benzene rings is 2. The summed E-state index contributed by atoms with van der Waals surface area (Å²) in [6.07, 6.45) is 0.259. The van der Waals surface area contributed by atoms with Crippen LogP contribution in [0.3, 0.4) is 0 Å². The van der Waals surface area contributed by atoms with Crippen molar-refractivity contribution >= 4 is 23.5 Å². The molecular weight excluding hydrogens is 328 g/mol. The van der Waals surface area contributed by atoms with Crippen LogP contribution in [0.25, 0.3) is 0 Å². The third kappa shape index (κ3) is 4.58. The van der Waals surface area contributed by atoms with Crippen LogP contribution in [0.15, 0.2) is 48.5 Å². The number of nitriles is 1. The van der Waals surface area contributed by atoms with Gasteiger partial charge in [0.2, 0.25) is 0 Å². The molecule has 122 valence electrons. The van der Waals surface area contributed by atoms with E-state index < -0.39 is 17.9 Å². The maximum absolute atomic E-state index is 12.3. The monoisotopic (exact) mass is 342 g/mol. The van der Waals surface area contributed by atoms with Crippen molar-refractivity contribution in [1.29, 1.82) is 5.26 Å². The standard InChI is InChI=1S/C18H15ClN2O3/c1-24-18(23)16(10-13-3-2-4-15(19)9-13)21-17(22)14-7-5-12(11-20)6-8-14/h2-9,16H,10H2,1H3,(H,21,22)/t16-/m0/s1. The van der Waals surface area contributed by atoms with E-state index in [4.69, 9.17) is 21.6 Å². The van der Waals surface area contributed by atoms with Gasteiger partial charge in [0.1, 0.15) is 6.04 Å². The van der Waals surface area contributed by atoms with Crippen LogP contribution < -0.4 is 5.32 Å². The quantitative estimate of drug-likeness (QED) is 0.847. The zero-order valence-corrected chi connectivity index (χ0v) is 13.7. The third-order valence-corrected chi connectivity index (χ3v) is 3.63. The molecule has 2 aromatic rings. The Morgan fingerprint density at radius 3 is 2.54 bits per heavy atom. The van der Waals surface area contributed by atoms with Crippen LogP contribution in [0.5, 0.6) is 0 Å². The highest BCUT2D eigenvalue weighted by Crippen LogP contribution is 2.13. The molecular formula is C18H15ClN2O3. The van der Waals surface area contributed by atoms with Gasteiger partial charge in [-0.3, -0.25) is 4.79 Å². The first kappa shape index (κ1) is 17.5. The lowest BCUT2D eigenvalue weighted by Gasteiger charge is -2.17. The number of nitrogens with one attached hydrogen (secondary N) is 1. The number of halogens is 1. The van der Waals surface area contributed by atoms with Crippen molar-refractivity contribution in [3.8, 4) is 6.07 Å². The van der Waals surface area contributed by atoms with Crippen molar-refractivity contribution < 1.29 is 14.3 Å². The van der Waals surface area contributed by atoms with E-state index in [1.807, 2.05) is 12.1 Å². The molecule has 0 unspecified atom stereocenters. The highest BCUT2D eigenvalue weighted by Gasteiger charge is 2.22. The molecule has 0 aliphatic carbocycles. The normalized spacial score (nSPS) is 11.2. The summed E-state index contributed by atoms with van der Waals surface area (Å²) in [5.41, 5.74) is 1.61. The predicted molar refractivity (Wildman–Crippen MR) is 89.6 cm³/mol. The van der Waals surface area contributed by atoms with Gasteiger partial charge in [-0.05, 0) is 42.0 Å². The summed E-state index contributed by atoms with van der Waals surface area (Å²) in [6.45, 7) is 0. The number of carbonyl (C=O) groups excluding carboxylic acids is 2. The van der Waals surface area contributed by atoms with E-state index in [0.717, 1.165) is 5.56 Å². The number of carbonyl (C=O) groups is 2. The fraction of sp³-hybridized carbons (Fsp3) is 0.167. The Hall–Kier alpha value is -2.84. The summed E-state index contributed by atoms with van der Waals surface area (Å²) in [5.74, 6) is -0.964. The van der Waals surface area contributed by atoms with E-state index in [1.165, 1.54) is 19.2 Å². The average molecular weight is 343 g/mol. The van der Waals surface area contributed by atoms with Gasteiger partial charge in [-0.2, -0.15) is 5.26 Å². The first-order valence-corrected chi connectivity index (χ1v) is 7.54. The number of rotatable bonds is 5. The van der Waals surface area contributed by atoms with Crippen molar-refractivity contribution in [2.45, 2.75) is 12.5 Å². The maximum atomic E-state index is 12.3. The van der Waals surface area contributed by atoms with E-state index >= 15 is 0 Å². The number of hydrogen-bond acceptors (Lipinski definition) is 4. The number of ether oxygens (including phenoxy) is 1. The molecule has 0 bridgehead atoms. The fourth-order valence-electron chi connectivity index (χ4n) is 2.17. The first-order chi connectivity index (χ1) is 11.5. The number of esters is 1. The molecule has 1 N–H and O–H groups in total. The minimum atomic E-state index is -0.836. The second-order valence-electron chi connectivity index (χ2n) is 5.07. The lowest BCUT2D eigenvalue weighted by Crippen LogP contribution is -2.43. The smallest absolute Gasteiger partial charge is 0.328 e. The molecule has 0 aliphatic rings. The van der Waals surface area contributed by atoms with E-state index in [9.17, 15) is 9.59 Å². The Bertz CT molecular complexity index is 782. The molecule has 0 aromatic heterocycles. The topological polar surface area (TPSA) is 79.2 Å². The summed E-state index contributed by atoms with van der Waals surface area (Å²) in [5, 5.41) is 12.0. The van der Waals surface area contributed by atoms with E-state index in [0.29, 0.717) is 16.1 Å². The van der Waals surface area contributed by atoms with Crippen molar-refractivity contribution in [2.75, 3.05) is 7.11 Å². The van der Waals surface area contributed by atoms with Crippen molar-refractivity contribution in [2.24, 2.45) is 0 Å². The van der Waals surface area contributed by atoms with E-state index in [2.05, 4.69) is 5.32 Å². The van der Waals surface area contributed by atoms with Crippen molar-refractivity contribution in [1.82, 2.24) is 5.32 Å². The average Bonchev–Trinajstić information content (AvgIpc) is 2.60.